The van der Waals surface area contributed by atoms with Crippen LogP contribution in [0.3, 0.4) is 0 Å². The number of nitrogens with one attached hydrogen (secondary N) is 2. The molecule has 1 rings (SSSR count). The third-order valence-corrected chi connectivity index (χ3v) is 2.64. The van der Waals surface area contributed by atoms with Gasteiger partial charge in [-0.05, 0) is 26.7 Å². The third kappa shape index (κ3) is 3.83. The Bertz CT molecular complexity index is 369. The SMILES string of the molecule is CCC(O)CCNc1nc(C)nc(NN)c1C. The van der Waals surface area contributed by atoms with E-state index >= 15 is 0 Å². The van der Waals surface area contributed by atoms with E-state index in [-0.39, 0.29) is 6.10 Å². The zero-order chi connectivity index (χ0) is 12.8. The lowest BCUT2D eigenvalue weighted by molar-refractivity contribution is 0.164. The largest absolute Gasteiger partial charge is 0.393 e. The third-order valence-electron chi connectivity index (χ3n) is 2.64. The fourth-order valence-electron chi connectivity index (χ4n) is 1.50. The zero-order valence-electron chi connectivity index (χ0n) is 10.6. The second kappa shape index (κ2) is 6.36. The molecule has 1 atom stereocenters. The number of rotatable bonds is 6. The molecule has 0 spiro atoms. The van der Waals surface area contributed by atoms with Gasteiger partial charge in [0, 0.05) is 12.1 Å². The number of nitrogen functional groups attached to an aromatic ring is 1. The Labute approximate surface area is 102 Å². The summed E-state index contributed by atoms with van der Waals surface area (Å²) in [6.07, 6.45) is 1.20. The Morgan fingerprint density at radius 3 is 2.53 bits per heavy atom. The van der Waals surface area contributed by atoms with Crippen LogP contribution in [-0.4, -0.2) is 27.7 Å². The normalized spacial score (nSPS) is 12.3. The van der Waals surface area contributed by atoms with Gasteiger partial charge in [-0.25, -0.2) is 15.8 Å². The first-order valence-electron chi connectivity index (χ1n) is 5.82. The summed E-state index contributed by atoms with van der Waals surface area (Å²) in [5.41, 5.74) is 3.43. The van der Waals surface area contributed by atoms with Crippen molar-refractivity contribution in [1.82, 2.24) is 9.97 Å². The van der Waals surface area contributed by atoms with Crippen LogP contribution in [0.2, 0.25) is 0 Å². The average Bonchev–Trinajstić information content (AvgIpc) is 2.32. The van der Waals surface area contributed by atoms with Crippen LogP contribution in [0.1, 0.15) is 31.2 Å². The summed E-state index contributed by atoms with van der Waals surface area (Å²) < 4.78 is 0. The van der Waals surface area contributed by atoms with E-state index in [1.54, 1.807) is 0 Å². The summed E-state index contributed by atoms with van der Waals surface area (Å²) >= 11 is 0. The molecule has 1 heterocycles. The monoisotopic (exact) mass is 239 g/mol. The topological polar surface area (TPSA) is 96.1 Å². The van der Waals surface area contributed by atoms with Gasteiger partial charge in [0.15, 0.2) is 0 Å². The first kappa shape index (κ1) is 13.7. The Balaban J connectivity index is 2.67. The van der Waals surface area contributed by atoms with Crippen molar-refractivity contribution in [3.63, 3.8) is 0 Å². The minimum absolute atomic E-state index is 0.266. The number of hydrogen-bond acceptors (Lipinski definition) is 6. The quantitative estimate of drug-likeness (QED) is 0.436. The predicted molar refractivity (Wildman–Crippen MR) is 68.7 cm³/mol. The van der Waals surface area contributed by atoms with E-state index in [1.165, 1.54) is 0 Å². The fourth-order valence-corrected chi connectivity index (χ4v) is 1.50. The zero-order valence-corrected chi connectivity index (χ0v) is 10.6. The lowest BCUT2D eigenvalue weighted by Gasteiger charge is -2.13. The van der Waals surface area contributed by atoms with Gasteiger partial charge < -0.3 is 15.8 Å². The summed E-state index contributed by atoms with van der Waals surface area (Å²) in [5.74, 6) is 7.41. The molecule has 0 aliphatic carbocycles. The number of aliphatic hydroxyl groups excluding tert-OH is 1. The van der Waals surface area contributed by atoms with E-state index < -0.39 is 0 Å². The van der Waals surface area contributed by atoms with Gasteiger partial charge in [-0.15, -0.1) is 0 Å². The highest BCUT2D eigenvalue weighted by Gasteiger charge is 2.08. The molecule has 0 aliphatic rings. The molecule has 1 aromatic rings. The predicted octanol–water partition coefficient (Wildman–Crippen LogP) is 0.952. The van der Waals surface area contributed by atoms with Gasteiger partial charge in [-0.3, -0.25) is 0 Å². The Kier molecular flexibility index (Phi) is 5.11. The molecule has 0 amide bonds. The molecule has 0 bridgehead atoms. The van der Waals surface area contributed by atoms with Crippen molar-refractivity contribution >= 4 is 11.6 Å². The van der Waals surface area contributed by atoms with Crippen molar-refractivity contribution in [2.24, 2.45) is 5.84 Å². The molecule has 1 unspecified atom stereocenters. The van der Waals surface area contributed by atoms with Gasteiger partial charge in [-0.1, -0.05) is 6.92 Å². The number of nitrogens with zero attached hydrogens (tertiary/aromatic N) is 2. The van der Waals surface area contributed by atoms with Crippen LogP contribution in [0.4, 0.5) is 11.6 Å². The molecule has 0 saturated heterocycles. The molecule has 0 fully saturated rings. The summed E-state index contributed by atoms with van der Waals surface area (Å²) in [6, 6.07) is 0. The van der Waals surface area contributed by atoms with Crippen molar-refractivity contribution in [2.75, 3.05) is 17.3 Å². The number of hydrogen-bond donors (Lipinski definition) is 4. The van der Waals surface area contributed by atoms with E-state index in [1.807, 2.05) is 20.8 Å². The minimum atomic E-state index is -0.266. The van der Waals surface area contributed by atoms with Crippen molar-refractivity contribution in [2.45, 2.75) is 39.7 Å². The highest BCUT2D eigenvalue weighted by atomic mass is 16.3. The Morgan fingerprint density at radius 2 is 1.94 bits per heavy atom. The molecule has 5 N–H and O–H groups in total. The van der Waals surface area contributed by atoms with Gasteiger partial charge in [0.2, 0.25) is 0 Å². The van der Waals surface area contributed by atoms with Gasteiger partial charge >= 0.3 is 0 Å². The molecule has 0 radical (unpaired) electrons. The number of anilines is 2. The van der Waals surface area contributed by atoms with Crippen LogP contribution < -0.4 is 16.6 Å². The number of nitrogens with two attached hydrogens (primary N) is 1. The second-order valence-electron chi connectivity index (χ2n) is 4.01. The maximum atomic E-state index is 9.46. The Morgan fingerprint density at radius 1 is 1.29 bits per heavy atom. The number of aryl methyl sites for hydroxylation is 1. The molecule has 6 nitrogen and oxygen atoms in total. The highest BCUT2D eigenvalue weighted by Crippen LogP contribution is 2.18. The van der Waals surface area contributed by atoms with E-state index in [4.69, 9.17) is 5.84 Å². The van der Waals surface area contributed by atoms with Crippen LogP contribution in [0.25, 0.3) is 0 Å². The number of aliphatic hydroxyl groups is 1. The average molecular weight is 239 g/mol. The van der Waals surface area contributed by atoms with Crippen LogP contribution >= 0.6 is 0 Å². The lowest BCUT2D eigenvalue weighted by Crippen LogP contribution is -2.16. The molecule has 96 valence electrons. The maximum Gasteiger partial charge on any atom is 0.148 e. The molecule has 0 aliphatic heterocycles. The summed E-state index contributed by atoms with van der Waals surface area (Å²) in [7, 11) is 0. The number of aromatic nitrogens is 2. The van der Waals surface area contributed by atoms with Crippen LogP contribution in [0.15, 0.2) is 0 Å². The molecular weight excluding hydrogens is 218 g/mol. The fraction of sp³-hybridized carbons (Fsp3) is 0.636. The molecular formula is C11H21N5O. The first-order chi connectivity index (χ1) is 8.08. The van der Waals surface area contributed by atoms with Gasteiger partial charge in [0.1, 0.15) is 17.5 Å². The number of hydrazine groups is 1. The molecule has 17 heavy (non-hydrogen) atoms. The van der Waals surface area contributed by atoms with Crippen LogP contribution in [0.5, 0.6) is 0 Å². The molecule has 6 heteroatoms. The molecule has 0 saturated carbocycles. The van der Waals surface area contributed by atoms with Crippen LogP contribution in [-0.2, 0) is 0 Å². The minimum Gasteiger partial charge on any atom is -0.393 e. The van der Waals surface area contributed by atoms with Crippen molar-refractivity contribution < 1.29 is 5.11 Å². The van der Waals surface area contributed by atoms with E-state index in [0.717, 1.165) is 17.8 Å². The van der Waals surface area contributed by atoms with E-state index in [2.05, 4.69) is 20.7 Å². The van der Waals surface area contributed by atoms with E-state index in [9.17, 15) is 5.11 Å². The summed E-state index contributed by atoms with van der Waals surface area (Å²) in [4.78, 5) is 8.48. The molecule has 1 aromatic heterocycles. The van der Waals surface area contributed by atoms with Crippen molar-refractivity contribution in [1.29, 1.82) is 0 Å². The van der Waals surface area contributed by atoms with Gasteiger partial charge in [-0.2, -0.15) is 0 Å². The lowest BCUT2D eigenvalue weighted by atomic mass is 10.2. The first-order valence-corrected chi connectivity index (χ1v) is 5.82. The smallest absolute Gasteiger partial charge is 0.148 e. The van der Waals surface area contributed by atoms with E-state index in [0.29, 0.717) is 24.6 Å². The summed E-state index contributed by atoms with van der Waals surface area (Å²) in [6.45, 7) is 6.34. The molecule has 0 aromatic carbocycles. The van der Waals surface area contributed by atoms with Gasteiger partial charge in [0.25, 0.3) is 0 Å². The second-order valence-corrected chi connectivity index (χ2v) is 4.01. The van der Waals surface area contributed by atoms with Gasteiger partial charge in [0.05, 0.1) is 6.10 Å². The van der Waals surface area contributed by atoms with Crippen molar-refractivity contribution in [3.8, 4) is 0 Å². The van der Waals surface area contributed by atoms with Crippen LogP contribution in [0, 0.1) is 13.8 Å². The highest BCUT2D eigenvalue weighted by molar-refractivity contribution is 5.56. The maximum absolute atomic E-state index is 9.46. The summed E-state index contributed by atoms with van der Waals surface area (Å²) in [5, 5.41) is 12.6. The standard InChI is InChI=1S/C11H21N5O/c1-4-9(17)5-6-13-10-7(2)11(16-12)15-8(3)14-10/h9,17H,4-6,12H2,1-3H3,(H2,13,14,15,16). The van der Waals surface area contributed by atoms with Crippen molar-refractivity contribution in [3.05, 3.63) is 11.4 Å². The Hall–Kier alpha value is -1.40.